The van der Waals surface area contributed by atoms with Gasteiger partial charge in [-0.1, -0.05) is 300 Å². The highest BCUT2D eigenvalue weighted by atomic mass is 15.2. The summed E-state index contributed by atoms with van der Waals surface area (Å²) < 4.78 is 7.86. The number of aromatic nitrogens is 3. The Morgan fingerprint density at radius 2 is 0.417 bits per heavy atom. The van der Waals surface area contributed by atoms with Crippen LogP contribution in [0.25, 0.3) is 105 Å². The van der Waals surface area contributed by atoms with Crippen LogP contribution in [-0.2, 0) is 43.3 Å². The first-order valence-electron chi connectivity index (χ1n) is 44.0. The first-order valence-corrected chi connectivity index (χ1v) is 44.0. The second-order valence-corrected chi connectivity index (χ2v) is 43.9. The van der Waals surface area contributed by atoms with E-state index in [0.717, 1.165) is 51.2 Å². The van der Waals surface area contributed by atoms with Gasteiger partial charge >= 0.3 is 0 Å². The quantitative estimate of drug-likeness (QED) is 0.148. The van der Waals surface area contributed by atoms with E-state index in [4.69, 9.17) is 0 Å². The van der Waals surface area contributed by atoms with Crippen LogP contribution < -0.4 is 26.2 Å². The molecule has 0 amide bonds. The summed E-state index contributed by atoms with van der Waals surface area (Å²) in [5.74, 6) is 0. The third-order valence-corrected chi connectivity index (χ3v) is 26.9. The summed E-state index contributed by atoms with van der Waals surface area (Å²) in [6.07, 6.45) is 0. The van der Waals surface area contributed by atoms with E-state index in [9.17, 15) is 0 Å². The molecule has 0 unspecified atom stereocenters. The van der Waals surface area contributed by atoms with Crippen molar-refractivity contribution >= 4 is 123 Å². The zero-order valence-corrected chi connectivity index (χ0v) is 76.8. The van der Waals surface area contributed by atoms with Crippen molar-refractivity contribution in [2.24, 2.45) is 0 Å². The molecule has 0 radical (unpaired) electrons. The van der Waals surface area contributed by atoms with E-state index in [0.29, 0.717) is 0 Å². The van der Waals surface area contributed by atoms with Crippen molar-refractivity contribution in [3.8, 4) is 39.3 Å². The van der Waals surface area contributed by atoms with Crippen LogP contribution in [-0.4, -0.2) is 20.4 Å². The fourth-order valence-electron chi connectivity index (χ4n) is 19.9. The molecule has 3 aromatic heterocycles. The lowest BCUT2D eigenvalue weighted by molar-refractivity contribution is 0.589. The third kappa shape index (κ3) is 13.2. The monoisotopic (exact) mass is 1570 g/mol. The Morgan fingerprint density at radius 3 is 0.650 bits per heavy atom. The number of anilines is 6. The molecule has 2 aliphatic heterocycles. The summed E-state index contributed by atoms with van der Waals surface area (Å²) in [4.78, 5) is 5.36. The topological polar surface area (TPSA) is 21.3 Å². The molecule has 0 saturated heterocycles. The number of aryl methyl sites for hydroxylation is 4. The van der Waals surface area contributed by atoms with Crippen molar-refractivity contribution in [1.29, 1.82) is 0 Å². The Morgan fingerprint density at radius 1 is 0.200 bits per heavy atom. The van der Waals surface area contributed by atoms with Crippen LogP contribution >= 0.6 is 0 Å². The number of hydrogen-bond donors (Lipinski definition) is 0. The Hall–Kier alpha value is -11.1. The van der Waals surface area contributed by atoms with E-state index < -0.39 is 0 Å². The summed E-state index contributed by atoms with van der Waals surface area (Å²) >= 11 is 0. The summed E-state index contributed by atoms with van der Waals surface area (Å²) in [6.45, 7) is 65.3. The fourth-order valence-corrected chi connectivity index (χ4v) is 19.9. The maximum Gasteiger partial charge on any atom is 0.252 e. The predicted molar refractivity (Wildman–Crippen MR) is 523 cm³/mol. The van der Waals surface area contributed by atoms with E-state index in [1.807, 2.05) is 0 Å². The average molecular weight is 1570 g/mol. The first-order chi connectivity index (χ1) is 56.2. The molecule has 0 N–H and O–H groups in total. The standard InChI is InChI=1S/C114H122BN5/c1-67-53-79(113(23,24)25)54-68(2)104(67)71-29-39-81(40-30-71)116-100-63-83(118-94-57-73(107(5,6)7)33-45-86(94)87-46-34-74(58-95(87)118)108(8,9)10)43-51-92(100)115-93-52-44-84(119-96-59-75(109(11,12)13)35-47-88(96)89-48-36-76(60-97(89)119)110(14,15)16)64-101(93)117(82-41-31-72(32-42-82)105-69(3)55-80(56-70(105)4)114(26,27)28)103-66-85(65-102(116)106(103)115)120-98-61-77(111(17,18)19)37-49-90(98)91-50-38-78(62-99(91)120)112(20,21)22/h29-66H,1-28H3. The normalized spacial score (nSPS) is 13.8. The van der Waals surface area contributed by atoms with Gasteiger partial charge in [0, 0.05) is 77.8 Å². The first kappa shape index (κ1) is 80.0. The SMILES string of the molecule is Cc1cc(C(C)(C)C)cc(C)c1-c1ccc(N2c3cc(-n4c5cc(C(C)(C)C)ccc5c5ccc(C(C)(C)C)cc54)ccc3B3c4ccc(-n5c6cc(C(C)(C)C)ccc6c6ccc(C(C)(C)C)cc65)cc4N(c4ccc(-c5c(C)cc(C(C)(C)C)cc5C)cc4)c4cc(-n5c6cc(C(C)(C)C)ccc6c6ccc(C(C)(C)C)cc65)cc2c43)cc1. The average Bonchev–Trinajstić information content (AvgIpc) is 0.932. The highest BCUT2D eigenvalue weighted by Crippen LogP contribution is 2.51. The largest absolute Gasteiger partial charge is 0.311 e. The number of rotatable bonds is 7. The van der Waals surface area contributed by atoms with Gasteiger partial charge in [0.15, 0.2) is 0 Å². The van der Waals surface area contributed by atoms with Crippen LogP contribution in [0, 0.1) is 27.7 Å². The molecule has 0 aliphatic carbocycles. The molecule has 5 nitrogen and oxygen atoms in total. The minimum Gasteiger partial charge on any atom is -0.311 e. The molecule has 0 bridgehead atoms. The van der Waals surface area contributed by atoms with Crippen LogP contribution in [0.2, 0.25) is 0 Å². The molecule has 0 fully saturated rings. The van der Waals surface area contributed by atoms with E-state index in [2.05, 4.69) is 448 Å². The third-order valence-electron chi connectivity index (χ3n) is 26.9. The summed E-state index contributed by atoms with van der Waals surface area (Å²) in [6, 6.07) is 93.0. The van der Waals surface area contributed by atoms with Gasteiger partial charge in [0.05, 0.1) is 38.8 Å². The number of nitrogens with zero attached hydrogens (tertiary/aromatic N) is 5. The molecule has 0 saturated carbocycles. The molecular formula is C114H122BN5. The van der Waals surface area contributed by atoms with Gasteiger partial charge in [-0.15, -0.1) is 0 Å². The lowest BCUT2D eigenvalue weighted by Gasteiger charge is -2.44. The van der Waals surface area contributed by atoms with Gasteiger partial charge in [0.25, 0.3) is 6.71 Å². The van der Waals surface area contributed by atoms with E-state index in [-0.39, 0.29) is 50.0 Å². The van der Waals surface area contributed by atoms with Gasteiger partial charge in [0.2, 0.25) is 0 Å². The molecule has 6 heteroatoms. The van der Waals surface area contributed by atoms with Crippen molar-refractivity contribution in [2.45, 2.75) is 237 Å². The van der Waals surface area contributed by atoms with Crippen LogP contribution in [0.4, 0.5) is 34.1 Å². The number of fused-ring (bicyclic) bond motifs is 13. The molecular weight excluding hydrogens is 1450 g/mol. The lowest BCUT2D eigenvalue weighted by atomic mass is 9.33. The van der Waals surface area contributed by atoms with Gasteiger partial charge in [-0.25, -0.2) is 0 Å². The molecule has 606 valence electrons. The van der Waals surface area contributed by atoms with Crippen LogP contribution in [0.3, 0.4) is 0 Å². The zero-order chi connectivity index (χ0) is 85.4. The number of hydrogen-bond acceptors (Lipinski definition) is 2. The smallest absolute Gasteiger partial charge is 0.252 e. The van der Waals surface area contributed by atoms with Crippen molar-refractivity contribution in [3.63, 3.8) is 0 Å². The molecule has 120 heavy (non-hydrogen) atoms. The maximum absolute atomic E-state index is 2.68. The fraction of sp³-hybridized carbons (Fsp3) is 0.316. The molecule has 2 aliphatic rings. The Kier molecular flexibility index (Phi) is 18.1. The van der Waals surface area contributed by atoms with Gasteiger partial charge in [-0.3, -0.25) is 0 Å². The number of benzene rings is 13. The molecule has 0 atom stereocenters. The van der Waals surface area contributed by atoms with E-state index >= 15 is 0 Å². The minimum absolute atomic E-state index is 0.00816. The van der Waals surface area contributed by atoms with E-state index in [1.165, 1.54) is 171 Å². The van der Waals surface area contributed by atoms with Crippen molar-refractivity contribution in [1.82, 2.24) is 13.7 Å². The van der Waals surface area contributed by atoms with Gasteiger partial charge in [0.1, 0.15) is 0 Å². The summed E-state index contributed by atoms with van der Waals surface area (Å²) in [5, 5.41) is 7.48. The zero-order valence-electron chi connectivity index (χ0n) is 76.8. The Balaban J connectivity index is 1.00. The molecule has 0 spiro atoms. The van der Waals surface area contributed by atoms with Crippen LogP contribution in [0.1, 0.15) is 233 Å². The maximum atomic E-state index is 2.68. The van der Waals surface area contributed by atoms with Gasteiger partial charge < -0.3 is 23.5 Å². The molecule has 5 heterocycles. The van der Waals surface area contributed by atoms with Crippen molar-refractivity contribution < 1.29 is 0 Å². The highest BCUT2D eigenvalue weighted by molar-refractivity contribution is 7.00. The Bertz CT molecular complexity index is 6340. The molecule has 13 aromatic carbocycles. The second-order valence-electron chi connectivity index (χ2n) is 43.9. The minimum atomic E-state index is -0.240. The van der Waals surface area contributed by atoms with Crippen molar-refractivity contribution in [3.05, 3.63) is 297 Å². The summed E-state index contributed by atoms with van der Waals surface area (Å²) in [7, 11) is 0. The van der Waals surface area contributed by atoms with Crippen LogP contribution in [0.5, 0.6) is 0 Å². The summed E-state index contributed by atoms with van der Waals surface area (Å²) in [5.41, 5.74) is 41.1. The molecule has 18 rings (SSSR count). The van der Waals surface area contributed by atoms with Crippen molar-refractivity contribution in [2.75, 3.05) is 9.80 Å². The van der Waals surface area contributed by atoms with Crippen LogP contribution in [0.15, 0.2) is 231 Å². The lowest BCUT2D eigenvalue weighted by Crippen LogP contribution is -2.61. The second kappa shape index (κ2) is 27.2. The van der Waals surface area contributed by atoms with Gasteiger partial charge in [-0.2, -0.15) is 0 Å². The molecule has 16 aromatic rings. The van der Waals surface area contributed by atoms with Gasteiger partial charge in [-0.05, 0) is 273 Å². The highest BCUT2D eigenvalue weighted by Gasteiger charge is 2.45. The van der Waals surface area contributed by atoms with E-state index in [1.54, 1.807) is 0 Å². The predicted octanol–water partition coefficient (Wildman–Crippen LogP) is 30.0. The Labute approximate surface area is 715 Å².